The lowest BCUT2D eigenvalue weighted by Crippen LogP contribution is -2.32. The number of carbonyl (C=O) groups is 2. The average Bonchev–Trinajstić information content (AvgIpc) is 3.44. The number of anilines is 1. The Hall–Kier alpha value is -3.46. The fraction of sp³-hybridized carbons (Fsp3) is 0.273. The number of hydrogen-bond donors (Lipinski definition) is 1. The molecular weight excluding hydrogens is 416 g/mol. The number of hydrogen-bond acceptors (Lipinski definition) is 7. The van der Waals surface area contributed by atoms with Crippen molar-refractivity contribution in [2.45, 2.75) is 13.0 Å². The molecule has 1 aliphatic rings. The van der Waals surface area contributed by atoms with Crippen LogP contribution in [-0.4, -0.2) is 42.5 Å². The fourth-order valence-electron chi connectivity index (χ4n) is 3.48. The minimum absolute atomic E-state index is 0.0957. The van der Waals surface area contributed by atoms with Gasteiger partial charge in [-0.05, 0) is 24.3 Å². The molecule has 1 fully saturated rings. The van der Waals surface area contributed by atoms with Gasteiger partial charge in [0.25, 0.3) is 0 Å². The summed E-state index contributed by atoms with van der Waals surface area (Å²) in [5, 5.41) is 5.67. The minimum atomic E-state index is -0.416. The Balaban J connectivity index is 1.37. The van der Waals surface area contributed by atoms with E-state index in [9.17, 15) is 9.59 Å². The summed E-state index contributed by atoms with van der Waals surface area (Å²) in [5.41, 5.74) is 2.52. The highest BCUT2D eigenvalue weighted by molar-refractivity contribution is 7.09. The molecule has 31 heavy (non-hydrogen) atoms. The van der Waals surface area contributed by atoms with Crippen molar-refractivity contribution in [2.75, 3.05) is 25.7 Å². The monoisotopic (exact) mass is 438 g/mol. The van der Waals surface area contributed by atoms with E-state index in [1.165, 1.54) is 11.3 Å². The number of nitrogens with one attached hydrogen (secondary N) is 1. The maximum atomic E-state index is 12.7. The zero-order valence-corrected chi connectivity index (χ0v) is 18.0. The number of benzene rings is 1. The second-order valence-electron chi connectivity index (χ2n) is 7.02. The average molecular weight is 439 g/mol. The second kappa shape index (κ2) is 9.13. The lowest BCUT2D eigenvalue weighted by Gasteiger charge is -2.18. The summed E-state index contributed by atoms with van der Waals surface area (Å²) in [4.78, 5) is 35.4. The van der Waals surface area contributed by atoms with Gasteiger partial charge in [-0.15, -0.1) is 11.3 Å². The summed E-state index contributed by atoms with van der Waals surface area (Å²) >= 11 is 1.49. The maximum absolute atomic E-state index is 12.7. The molecule has 160 valence electrons. The second-order valence-corrected chi connectivity index (χ2v) is 7.97. The Morgan fingerprint density at radius 1 is 1.19 bits per heavy atom. The Bertz CT molecular complexity index is 1090. The van der Waals surface area contributed by atoms with Crippen LogP contribution >= 0.6 is 11.3 Å². The van der Waals surface area contributed by atoms with Gasteiger partial charge in [0, 0.05) is 48.1 Å². The lowest BCUT2D eigenvalue weighted by molar-refractivity contribution is -0.126. The molecule has 0 bridgehead atoms. The number of carbonyl (C=O) groups excluding carboxylic acids is 2. The van der Waals surface area contributed by atoms with Crippen molar-refractivity contribution in [1.82, 2.24) is 15.3 Å². The van der Waals surface area contributed by atoms with E-state index in [1.807, 2.05) is 17.5 Å². The van der Waals surface area contributed by atoms with Crippen LogP contribution in [0.3, 0.4) is 0 Å². The highest BCUT2D eigenvalue weighted by Crippen LogP contribution is 2.34. The van der Waals surface area contributed by atoms with Crippen LogP contribution in [0.5, 0.6) is 11.5 Å². The van der Waals surface area contributed by atoms with Gasteiger partial charge in [-0.1, -0.05) is 0 Å². The SMILES string of the molecule is COc1ccc(N2CC(C(=O)NCc3nc(-c4ccncc4)cs3)CC2=O)cc1OC. The van der Waals surface area contributed by atoms with Gasteiger partial charge >= 0.3 is 0 Å². The summed E-state index contributed by atoms with van der Waals surface area (Å²) in [6.45, 7) is 0.649. The molecule has 1 atom stereocenters. The van der Waals surface area contributed by atoms with E-state index >= 15 is 0 Å². The molecule has 1 unspecified atom stereocenters. The molecule has 0 spiro atoms. The summed E-state index contributed by atoms with van der Waals surface area (Å²) in [6.07, 6.45) is 3.61. The molecule has 2 amide bonds. The van der Waals surface area contributed by atoms with Crippen molar-refractivity contribution in [3.05, 3.63) is 53.1 Å². The Labute approximate surface area is 183 Å². The van der Waals surface area contributed by atoms with E-state index in [4.69, 9.17) is 9.47 Å². The summed E-state index contributed by atoms with van der Waals surface area (Å²) < 4.78 is 10.6. The molecule has 4 rings (SSSR count). The van der Waals surface area contributed by atoms with Crippen LogP contribution in [-0.2, 0) is 16.1 Å². The number of amides is 2. The van der Waals surface area contributed by atoms with Crippen LogP contribution in [0.4, 0.5) is 5.69 Å². The highest BCUT2D eigenvalue weighted by atomic mass is 32.1. The van der Waals surface area contributed by atoms with Gasteiger partial charge in [-0.2, -0.15) is 0 Å². The first-order valence-electron chi connectivity index (χ1n) is 9.74. The van der Waals surface area contributed by atoms with Crippen molar-refractivity contribution in [2.24, 2.45) is 5.92 Å². The van der Waals surface area contributed by atoms with Gasteiger partial charge in [0.1, 0.15) is 5.01 Å². The smallest absolute Gasteiger partial charge is 0.227 e. The molecule has 0 radical (unpaired) electrons. The van der Waals surface area contributed by atoms with Crippen LogP contribution in [0.15, 0.2) is 48.1 Å². The third-order valence-corrected chi connectivity index (χ3v) is 5.97. The zero-order valence-electron chi connectivity index (χ0n) is 17.2. The number of pyridine rings is 1. The molecule has 0 saturated carbocycles. The summed E-state index contributed by atoms with van der Waals surface area (Å²) in [5.74, 6) is 0.454. The van der Waals surface area contributed by atoms with Crippen LogP contribution in [0.25, 0.3) is 11.3 Å². The predicted molar refractivity (Wildman–Crippen MR) is 117 cm³/mol. The molecule has 1 N–H and O–H groups in total. The molecule has 8 nitrogen and oxygen atoms in total. The molecule has 3 aromatic rings. The van der Waals surface area contributed by atoms with Gasteiger partial charge in [-0.3, -0.25) is 14.6 Å². The van der Waals surface area contributed by atoms with Crippen LogP contribution in [0.2, 0.25) is 0 Å². The van der Waals surface area contributed by atoms with Crippen molar-refractivity contribution in [3.63, 3.8) is 0 Å². The standard InChI is InChI=1S/C22H22N4O4S/c1-29-18-4-3-16(10-19(18)30-2)26-12-15(9-21(26)27)22(28)24-11-20-25-17(13-31-20)14-5-7-23-8-6-14/h3-8,10,13,15H,9,11-12H2,1-2H3,(H,24,28). The highest BCUT2D eigenvalue weighted by Gasteiger charge is 2.35. The number of thiazole rings is 1. The first-order chi connectivity index (χ1) is 15.1. The van der Waals surface area contributed by atoms with E-state index in [0.29, 0.717) is 30.3 Å². The fourth-order valence-corrected chi connectivity index (χ4v) is 4.22. The van der Waals surface area contributed by atoms with Gasteiger partial charge in [-0.25, -0.2) is 4.98 Å². The van der Waals surface area contributed by atoms with Gasteiger partial charge in [0.2, 0.25) is 11.8 Å². The number of rotatable bonds is 7. The minimum Gasteiger partial charge on any atom is -0.493 e. The molecule has 1 aliphatic heterocycles. The molecule has 2 aromatic heterocycles. The number of nitrogens with zero attached hydrogens (tertiary/aromatic N) is 3. The largest absolute Gasteiger partial charge is 0.493 e. The molecule has 9 heteroatoms. The molecule has 3 heterocycles. The third kappa shape index (κ3) is 4.51. The Morgan fingerprint density at radius 3 is 2.71 bits per heavy atom. The number of aromatic nitrogens is 2. The van der Waals surface area contributed by atoms with Crippen molar-refractivity contribution >= 4 is 28.8 Å². The normalized spacial score (nSPS) is 15.7. The van der Waals surface area contributed by atoms with Crippen molar-refractivity contribution < 1.29 is 19.1 Å². The van der Waals surface area contributed by atoms with Gasteiger partial charge in [0.15, 0.2) is 11.5 Å². The zero-order chi connectivity index (χ0) is 21.8. The summed E-state index contributed by atoms with van der Waals surface area (Å²) in [6, 6.07) is 9.06. The number of methoxy groups -OCH3 is 2. The van der Waals surface area contributed by atoms with Crippen LogP contribution < -0.4 is 19.7 Å². The summed E-state index contributed by atoms with van der Waals surface area (Å²) in [7, 11) is 3.10. The van der Waals surface area contributed by atoms with E-state index in [-0.39, 0.29) is 18.2 Å². The van der Waals surface area contributed by atoms with E-state index in [1.54, 1.807) is 49.7 Å². The van der Waals surface area contributed by atoms with E-state index in [0.717, 1.165) is 16.3 Å². The van der Waals surface area contributed by atoms with Gasteiger partial charge in [0.05, 0.1) is 32.4 Å². The molecule has 1 saturated heterocycles. The topological polar surface area (TPSA) is 93.6 Å². The first kappa shape index (κ1) is 20.8. The predicted octanol–water partition coefficient (Wildman–Crippen LogP) is 2.89. The maximum Gasteiger partial charge on any atom is 0.227 e. The van der Waals surface area contributed by atoms with Crippen LogP contribution in [0.1, 0.15) is 11.4 Å². The molecular formula is C22H22N4O4S. The van der Waals surface area contributed by atoms with Crippen molar-refractivity contribution in [3.8, 4) is 22.8 Å². The molecule has 1 aromatic carbocycles. The van der Waals surface area contributed by atoms with Gasteiger partial charge < -0.3 is 19.7 Å². The Kier molecular flexibility index (Phi) is 6.13. The van der Waals surface area contributed by atoms with Crippen LogP contribution in [0, 0.1) is 5.92 Å². The van der Waals surface area contributed by atoms with E-state index < -0.39 is 5.92 Å². The van der Waals surface area contributed by atoms with E-state index in [2.05, 4.69) is 15.3 Å². The number of ether oxygens (including phenoxy) is 2. The quantitative estimate of drug-likeness (QED) is 0.610. The third-order valence-electron chi connectivity index (χ3n) is 5.12. The molecule has 0 aliphatic carbocycles. The lowest BCUT2D eigenvalue weighted by atomic mass is 10.1. The Morgan fingerprint density at radius 2 is 1.97 bits per heavy atom. The van der Waals surface area contributed by atoms with Crippen molar-refractivity contribution in [1.29, 1.82) is 0 Å². The first-order valence-corrected chi connectivity index (χ1v) is 10.6.